The lowest BCUT2D eigenvalue weighted by Gasteiger charge is -2.13. The summed E-state index contributed by atoms with van der Waals surface area (Å²) in [7, 11) is 0. The Bertz CT molecular complexity index is 1460. The fourth-order valence-electron chi connectivity index (χ4n) is 4.08. The van der Waals surface area contributed by atoms with Crippen LogP contribution in [-0.4, -0.2) is 15.5 Å². The average molecular weight is 436 g/mol. The number of rotatable bonds is 6. The molecule has 164 valence electrons. The molecule has 0 fully saturated rings. The Balaban J connectivity index is 1.42. The van der Waals surface area contributed by atoms with Gasteiger partial charge in [0.25, 0.3) is 0 Å². The number of ether oxygens (including phenoxy) is 1. The molecule has 0 aliphatic carbocycles. The smallest absolute Gasteiger partial charge is 0.244 e. The van der Waals surface area contributed by atoms with Gasteiger partial charge in [-0.25, -0.2) is 4.98 Å². The molecule has 0 aliphatic heterocycles. The third kappa shape index (κ3) is 4.30. The Labute approximate surface area is 192 Å². The van der Waals surface area contributed by atoms with Crippen LogP contribution >= 0.6 is 0 Å². The Morgan fingerprint density at radius 2 is 1.73 bits per heavy atom. The first kappa shape index (κ1) is 20.8. The Kier molecular flexibility index (Phi) is 5.53. The zero-order valence-corrected chi connectivity index (χ0v) is 18.7. The standard InChI is InChI=1S/C28H25N3O2/c1-19-14-15-20(2)24(16-19)30-28(32)17-31-25-12-6-5-11-23(25)29-27(31)18-33-26-13-7-9-21-8-3-4-10-22(21)26/h3-16H,17-18H2,1-2H3,(H,30,32). The molecule has 5 nitrogen and oxygen atoms in total. The van der Waals surface area contributed by atoms with Crippen LogP contribution in [0.15, 0.2) is 84.9 Å². The molecule has 0 unspecified atom stereocenters. The lowest BCUT2D eigenvalue weighted by atomic mass is 10.1. The van der Waals surface area contributed by atoms with Crippen LogP contribution in [0.1, 0.15) is 17.0 Å². The largest absolute Gasteiger partial charge is 0.485 e. The summed E-state index contributed by atoms with van der Waals surface area (Å²) in [4.78, 5) is 17.7. The van der Waals surface area contributed by atoms with Crippen LogP contribution in [0, 0.1) is 13.8 Å². The molecule has 0 saturated carbocycles. The van der Waals surface area contributed by atoms with Gasteiger partial charge >= 0.3 is 0 Å². The topological polar surface area (TPSA) is 56.2 Å². The van der Waals surface area contributed by atoms with E-state index in [0.29, 0.717) is 5.82 Å². The molecule has 0 aliphatic rings. The minimum atomic E-state index is -0.0988. The molecule has 0 radical (unpaired) electrons. The molecule has 0 saturated heterocycles. The number of hydrogen-bond donors (Lipinski definition) is 1. The van der Waals surface area contributed by atoms with E-state index in [1.54, 1.807) is 0 Å². The van der Waals surface area contributed by atoms with Gasteiger partial charge in [-0.2, -0.15) is 0 Å². The number of imidazole rings is 1. The van der Waals surface area contributed by atoms with E-state index in [2.05, 4.69) is 17.4 Å². The molecule has 1 aromatic heterocycles. The molecule has 5 heteroatoms. The first-order valence-electron chi connectivity index (χ1n) is 11.0. The predicted molar refractivity (Wildman–Crippen MR) is 133 cm³/mol. The van der Waals surface area contributed by atoms with Crippen LogP contribution in [0.2, 0.25) is 0 Å². The fourth-order valence-corrected chi connectivity index (χ4v) is 4.08. The second kappa shape index (κ2) is 8.79. The van der Waals surface area contributed by atoms with Gasteiger partial charge in [-0.05, 0) is 54.6 Å². The highest BCUT2D eigenvalue weighted by atomic mass is 16.5. The van der Waals surface area contributed by atoms with Crippen molar-refractivity contribution in [2.75, 3.05) is 5.32 Å². The van der Waals surface area contributed by atoms with Crippen LogP contribution in [0.3, 0.4) is 0 Å². The molecule has 33 heavy (non-hydrogen) atoms. The molecular weight excluding hydrogens is 410 g/mol. The van der Waals surface area contributed by atoms with Crippen molar-refractivity contribution in [1.82, 2.24) is 9.55 Å². The number of nitrogens with zero attached hydrogens (tertiary/aromatic N) is 2. The summed E-state index contributed by atoms with van der Waals surface area (Å²) in [6, 6.07) is 28.0. The van der Waals surface area contributed by atoms with Gasteiger partial charge in [0.1, 0.15) is 24.7 Å². The van der Waals surface area contributed by atoms with E-state index in [0.717, 1.165) is 44.4 Å². The maximum absolute atomic E-state index is 13.0. The maximum atomic E-state index is 13.0. The van der Waals surface area contributed by atoms with E-state index in [1.807, 2.05) is 91.2 Å². The van der Waals surface area contributed by atoms with Crippen molar-refractivity contribution in [3.8, 4) is 5.75 Å². The monoisotopic (exact) mass is 435 g/mol. The van der Waals surface area contributed by atoms with Crippen LogP contribution < -0.4 is 10.1 Å². The number of amides is 1. The molecule has 5 rings (SSSR count). The zero-order chi connectivity index (χ0) is 22.8. The first-order valence-corrected chi connectivity index (χ1v) is 11.0. The predicted octanol–water partition coefficient (Wildman–Crippen LogP) is 6.02. The van der Waals surface area contributed by atoms with Crippen LogP contribution in [-0.2, 0) is 17.9 Å². The molecule has 1 heterocycles. The Morgan fingerprint density at radius 1 is 0.939 bits per heavy atom. The van der Waals surface area contributed by atoms with Crippen molar-refractivity contribution in [3.05, 3.63) is 102 Å². The summed E-state index contributed by atoms with van der Waals surface area (Å²) in [6.07, 6.45) is 0. The lowest BCUT2D eigenvalue weighted by molar-refractivity contribution is -0.116. The summed E-state index contributed by atoms with van der Waals surface area (Å²) >= 11 is 0. The molecular formula is C28H25N3O2. The van der Waals surface area contributed by atoms with Crippen molar-refractivity contribution in [3.63, 3.8) is 0 Å². The van der Waals surface area contributed by atoms with Gasteiger partial charge in [-0.3, -0.25) is 4.79 Å². The number of aryl methyl sites for hydroxylation is 2. The molecule has 1 amide bonds. The summed E-state index contributed by atoms with van der Waals surface area (Å²) in [5.41, 5.74) is 4.72. The molecule has 0 bridgehead atoms. The number of fused-ring (bicyclic) bond motifs is 2. The minimum absolute atomic E-state index is 0.0988. The summed E-state index contributed by atoms with van der Waals surface area (Å²) < 4.78 is 8.13. The van der Waals surface area contributed by atoms with Gasteiger partial charge < -0.3 is 14.6 Å². The van der Waals surface area contributed by atoms with Crippen molar-refractivity contribution in [2.45, 2.75) is 27.0 Å². The number of para-hydroxylation sites is 2. The zero-order valence-electron chi connectivity index (χ0n) is 18.7. The summed E-state index contributed by atoms with van der Waals surface area (Å²) in [5, 5.41) is 5.22. The van der Waals surface area contributed by atoms with E-state index in [4.69, 9.17) is 9.72 Å². The van der Waals surface area contributed by atoms with E-state index >= 15 is 0 Å². The van der Waals surface area contributed by atoms with Crippen LogP contribution in [0.25, 0.3) is 21.8 Å². The minimum Gasteiger partial charge on any atom is -0.485 e. The second-order valence-electron chi connectivity index (χ2n) is 8.24. The third-order valence-electron chi connectivity index (χ3n) is 5.81. The number of anilines is 1. The van der Waals surface area contributed by atoms with Gasteiger partial charge in [0, 0.05) is 11.1 Å². The number of benzene rings is 4. The van der Waals surface area contributed by atoms with Gasteiger partial charge in [0.2, 0.25) is 5.91 Å². The molecule has 0 atom stereocenters. The van der Waals surface area contributed by atoms with Crippen molar-refractivity contribution < 1.29 is 9.53 Å². The van der Waals surface area contributed by atoms with Gasteiger partial charge in [0.05, 0.1) is 11.0 Å². The summed E-state index contributed by atoms with van der Waals surface area (Å²) in [6.45, 7) is 4.42. The highest BCUT2D eigenvalue weighted by Gasteiger charge is 2.15. The van der Waals surface area contributed by atoms with E-state index in [9.17, 15) is 4.79 Å². The van der Waals surface area contributed by atoms with E-state index in [1.165, 1.54) is 0 Å². The number of aromatic nitrogens is 2. The number of carbonyl (C=O) groups is 1. The summed E-state index contributed by atoms with van der Waals surface area (Å²) in [5.74, 6) is 1.41. The maximum Gasteiger partial charge on any atom is 0.244 e. The van der Waals surface area contributed by atoms with E-state index in [-0.39, 0.29) is 19.1 Å². The fraction of sp³-hybridized carbons (Fsp3) is 0.143. The average Bonchev–Trinajstić information content (AvgIpc) is 3.17. The Morgan fingerprint density at radius 3 is 2.64 bits per heavy atom. The number of carbonyl (C=O) groups excluding carboxylic acids is 1. The van der Waals surface area contributed by atoms with Gasteiger partial charge in [-0.1, -0.05) is 60.7 Å². The van der Waals surface area contributed by atoms with E-state index < -0.39 is 0 Å². The molecule has 4 aromatic carbocycles. The highest BCUT2D eigenvalue weighted by Crippen LogP contribution is 2.26. The Hall–Kier alpha value is -4.12. The quantitative estimate of drug-likeness (QED) is 0.355. The third-order valence-corrected chi connectivity index (χ3v) is 5.81. The highest BCUT2D eigenvalue weighted by molar-refractivity contribution is 5.92. The van der Waals surface area contributed by atoms with Gasteiger partial charge in [0.15, 0.2) is 0 Å². The van der Waals surface area contributed by atoms with Crippen molar-refractivity contribution in [2.24, 2.45) is 0 Å². The second-order valence-corrected chi connectivity index (χ2v) is 8.24. The lowest BCUT2D eigenvalue weighted by Crippen LogP contribution is -2.21. The first-order chi connectivity index (χ1) is 16.1. The van der Waals surface area contributed by atoms with Crippen molar-refractivity contribution in [1.29, 1.82) is 0 Å². The van der Waals surface area contributed by atoms with Crippen LogP contribution in [0.4, 0.5) is 5.69 Å². The van der Waals surface area contributed by atoms with Gasteiger partial charge in [-0.15, -0.1) is 0 Å². The molecule has 5 aromatic rings. The number of hydrogen-bond acceptors (Lipinski definition) is 3. The van der Waals surface area contributed by atoms with Crippen molar-refractivity contribution >= 4 is 33.4 Å². The van der Waals surface area contributed by atoms with Crippen LogP contribution in [0.5, 0.6) is 5.75 Å². The SMILES string of the molecule is Cc1ccc(C)c(NC(=O)Cn2c(COc3cccc4ccccc34)nc3ccccc32)c1. The molecule has 1 N–H and O–H groups in total. The number of nitrogens with one attached hydrogen (secondary N) is 1. The normalized spacial score (nSPS) is 11.1. The molecule has 0 spiro atoms.